The monoisotopic (exact) mass is 326 g/mol. The number of benzene rings is 1. The number of nitrogens with one attached hydrogen (secondary N) is 2. The summed E-state index contributed by atoms with van der Waals surface area (Å²) >= 11 is 1.51. The SMILES string of the molecule is Cc1cccc2[nH]c(-c3nnc(CNC(=O)C4(C)CC4)s3)cc12. The summed E-state index contributed by atoms with van der Waals surface area (Å²) < 4.78 is 0. The quantitative estimate of drug-likeness (QED) is 0.772. The predicted octanol–water partition coefficient (Wildman–Crippen LogP) is 3.41. The topological polar surface area (TPSA) is 70.7 Å². The summed E-state index contributed by atoms with van der Waals surface area (Å²) in [6, 6.07) is 8.31. The molecular weight excluding hydrogens is 308 g/mol. The van der Waals surface area contributed by atoms with E-state index in [1.165, 1.54) is 22.3 Å². The van der Waals surface area contributed by atoms with E-state index >= 15 is 0 Å². The Balaban J connectivity index is 1.52. The maximum absolute atomic E-state index is 12.0. The summed E-state index contributed by atoms with van der Waals surface area (Å²) in [5.41, 5.74) is 3.16. The number of hydrogen-bond acceptors (Lipinski definition) is 4. The second-order valence-corrected chi connectivity index (χ2v) is 7.53. The molecule has 3 aromatic rings. The molecule has 0 spiro atoms. The number of rotatable bonds is 4. The molecule has 0 saturated heterocycles. The van der Waals surface area contributed by atoms with Crippen LogP contribution >= 0.6 is 11.3 Å². The molecule has 1 aliphatic rings. The normalized spacial score (nSPS) is 15.7. The first kappa shape index (κ1) is 14.4. The van der Waals surface area contributed by atoms with Crippen LogP contribution in [-0.4, -0.2) is 21.1 Å². The van der Waals surface area contributed by atoms with E-state index < -0.39 is 0 Å². The van der Waals surface area contributed by atoms with Gasteiger partial charge in [0, 0.05) is 16.3 Å². The van der Waals surface area contributed by atoms with Crippen molar-refractivity contribution in [3.63, 3.8) is 0 Å². The number of amides is 1. The number of hydrogen-bond donors (Lipinski definition) is 2. The lowest BCUT2D eigenvalue weighted by atomic mass is 10.1. The Hall–Kier alpha value is -2.21. The summed E-state index contributed by atoms with van der Waals surface area (Å²) in [7, 11) is 0. The van der Waals surface area contributed by atoms with Crippen LogP contribution in [0.1, 0.15) is 30.3 Å². The summed E-state index contributed by atoms with van der Waals surface area (Å²) in [5, 5.41) is 14.3. The highest BCUT2D eigenvalue weighted by Crippen LogP contribution is 2.45. The Morgan fingerprint density at radius 2 is 2.22 bits per heavy atom. The number of fused-ring (bicyclic) bond motifs is 1. The zero-order valence-corrected chi connectivity index (χ0v) is 14.0. The van der Waals surface area contributed by atoms with Crippen LogP contribution in [0.2, 0.25) is 0 Å². The van der Waals surface area contributed by atoms with E-state index in [2.05, 4.69) is 45.6 Å². The molecule has 2 heterocycles. The molecule has 1 aliphatic carbocycles. The fourth-order valence-electron chi connectivity index (χ4n) is 2.64. The van der Waals surface area contributed by atoms with Crippen LogP contribution in [0, 0.1) is 12.3 Å². The lowest BCUT2D eigenvalue weighted by Crippen LogP contribution is -2.29. The molecule has 0 bridgehead atoms. The van der Waals surface area contributed by atoms with Crippen LogP contribution < -0.4 is 5.32 Å². The maximum atomic E-state index is 12.0. The minimum atomic E-state index is -0.151. The first-order chi connectivity index (χ1) is 11.0. The first-order valence-electron chi connectivity index (χ1n) is 7.75. The smallest absolute Gasteiger partial charge is 0.226 e. The molecule has 0 unspecified atom stereocenters. The van der Waals surface area contributed by atoms with E-state index in [1.54, 1.807) is 0 Å². The Morgan fingerprint density at radius 1 is 1.39 bits per heavy atom. The Morgan fingerprint density at radius 3 is 2.96 bits per heavy atom. The van der Waals surface area contributed by atoms with Crippen molar-refractivity contribution in [1.82, 2.24) is 20.5 Å². The average molecular weight is 326 g/mol. The Labute approximate surface area is 138 Å². The van der Waals surface area contributed by atoms with Crippen molar-refractivity contribution >= 4 is 28.1 Å². The molecular formula is C17H18N4OS. The molecule has 118 valence electrons. The van der Waals surface area contributed by atoms with Crippen molar-refractivity contribution in [3.05, 3.63) is 34.8 Å². The van der Waals surface area contributed by atoms with Gasteiger partial charge in [-0.2, -0.15) is 0 Å². The van der Waals surface area contributed by atoms with Crippen molar-refractivity contribution in [2.24, 2.45) is 5.41 Å². The van der Waals surface area contributed by atoms with Gasteiger partial charge in [0.2, 0.25) is 5.91 Å². The van der Waals surface area contributed by atoms with Crippen LogP contribution in [-0.2, 0) is 11.3 Å². The van der Waals surface area contributed by atoms with Crippen LogP contribution in [0.5, 0.6) is 0 Å². The number of H-pyrrole nitrogens is 1. The molecule has 23 heavy (non-hydrogen) atoms. The molecule has 1 saturated carbocycles. The molecule has 0 radical (unpaired) electrons. The fraction of sp³-hybridized carbons (Fsp3) is 0.353. The van der Waals surface area contributed by atoms with Gasteiger partial charge in [-0.3, -0.25) is 4.79 Å². The van der Waals surface area contributed by atoms with E-state index in [-0.39, 0.29) is 11.3 Å². The maximum Gasteiger partial charge on any atom is 0.226 e. The van der Waals surface area contributed by atoms with Gasteiger partial charge in [-0.15, -0.1) is 10.2 Å². The van der Waals surface area contributed by atoms with Crippen LogP contribution in [0.15, 0.2) is 24.3 Å². The average Bonchev–Trinajstić information content (AvgIpc) is 2.99. The van der Waals surface area contributed by atoms with Gasteiger partial charge in [0.25, 0.3) is 0 Å². The van der Waals surface area contributed by atoms with Crippen LogP contribution in [0.3, 0.4) is 0 Å². The van der Waals surface area contributed by atoms with Gasteiger partial charge in [0.05, 0.1) is 12.2 Å². The van der Waals surface area contributed by atoms with Gasteiger partial charge in [0.1, 0.15) is 5.01 Å². The molecule has 5 nitrogen and oxygen atoms in total. The summed E-state index contributed by atoms with van der Waals surface area (Å²) in [6.07, 6.45) is 1.96. The second-order valence-electron chi connectivity index (χ2n) is 6.46. The van der Waals surface area contributed by atoms with Gasteiger partial charge in [-0.25, -0.2) is 0 Å². The number of carbonyl (C=O) groups is 1. The number of nitrogens with zero attached hydrogens (tertiary/aromatic N) is 2. The number of aromatic amines is 1. The molecule has 6 heteroatoms. The van der Waals surface area contributed by atoms with E-state index in [0.29, 0.717) is 6.54 Å². The van der Waals surface area contributed by atoms with E-state index in [0.717, 1.165) is 34.1 Å². The van der Waals surface area contributed by atoms with Gasteiger partial charge in [0.15, 0.2) is 5.01 Å². The lowest BCUT2D eigenvalue weighted by molar-refractivity contribution is -0.125. The highest BCUT2D eigenvalue weighted by atomic mass is 32.1. The first-order valence-corrected chi connectivity index (χ1v) is 8.56. The van der Waals surface area contributed by atoms with E-state index in [4.69, 9.17) is 0 Å². The molecule has 1 aromatic carbocycles. The second kappa shape index (κ2) is 5.16. The van der Waals surface area contributed by atoms with Crippen molar-refractivity contribution in [1.29, 1.82) is 0 Å². The van der Waals surface area contributed by atoms with Gasteiger partial charge < -0.3 is 10.3 Å². The zero-order valence-electron chi connectivity index (χ0n) is 13.1. The molecule has 0 atom stereocenters. The third-order valence-electron chi connectivity index (χ3n) is 4.53. The van der Waals surface area contributed by atoms with Crippen LogP contribution in [0.25, 0.3) is 21.6 Å². The lowest BCUT2D eigenvalue weighted by Gasteiger charge is -2.07. The third-order valence-corrected chi connectivity index (χ3v) is 5.48. The third kappa shape index (κ3) is 2.63. The van der Waals surface area contributed by atoms with Crippen molar-refractivity contribution < 1.29 is 4.79 Å². The van der Waals surface area contributed by atoms with Gasteiger partial charge in [-0.05, 0) is 37.5 Å². The van der Waals surface area contributed by atoms with Crippen molar-refractivity contribution in [2.45, 2.75) is 33.2 Å². The van der Waals surface area contributed by atoms with Crippen molar-refractivity contribution in [3.8, 4) is 10.7 Å². The number of aryl methyl sites for hydroxylation is 1. The molecule has 1 fully saturated rings. The number of carbonyl (C=O) groups excluding carboxylic acids is 1. The highest BCUT2D eigenvalue weighted by molar-refractivity contribution is 7.14. The Kier molecular flexibility index (Phi) is 3.23. The zero-order chi connectivity index (χ0) is 16.0. The number of aromatic nitrogens is 3. The molecule has 2 N–H and O–H groups in total. The molecule has 2 aromatic heterocycles. The summed E-state index contributed by atoms with van der Waals surface area (Å²) in [6.45, 7) is 4.55. The van der Waals surface area contributed by atoms with E-state index in [1.807, 2.05) is 13.0 Å². The van der Waals surface area contributed by atoms with Crippen LogP contribution in [0.4, 0.5) is 0 Å². The minimum Gasteiger partial charge on any atom is -0.353 e. The van der Waals surface area contributed by atoms with Crippen molar-refractivity contribution in [2.75, 3.05) is 0 Å². The molecule has 4 rings (SSSR count). The highest BCUT2D eigenvalue weighted by Gasteiger charge is 2.44. The molecule has 0 aliphatic heterocycles. The van der Waals surface area contributed by atoms with Gasteiger partial charge >= 0.3 is 0 Å². The van der Waals surface area contributed by atoms with E-state index in [9.17, 15) is 4.79 Å². The predicted molar refractivity (Wildman–Crippen MR) is 91.1 cm³/mol. The summed E-state index contributed by atoms with van der Waals surface area (Å²) in [5.74, 6) is 0.121. The van der Waals surface area contributed by atoms with Gasteiger partial charge in [-0.1, -0.05) is 30.4 Å². The minimum absolute atomic E-state index is 0.121. The fourth-order valence-corrected chi connectivity index (χ4v) is 3.39. The summed E-state index contributed by atoms with van der Waals surface area (Å²) in [4.78, 5) is 15.4. The standard InChI is InChI=1S/C17H18N4OS/c1-10-4-3-5-12-11(10)8-13(19-12)15-21-20-14(23-15)9-18-16(22)17(2)6-7-17/h3-5,8,19H,6-7,9H2,1-2H3,(H,18,22). The largest absolute Gasteiger partial charge is 0.353 e. The Bertz CT molecular complexity index is 891. The molecule has 1 amide bonds.